The molecule has 0 spiro atoms. The second-order valence-electron chi connectivity index (χ2n) is 8.68. The SMILES string of the molecule is CCCCOc1ccc(CC(=O)O)cc1-c1cc(-c2ccccc2OC)n(CCc2ccccc2)n1. The zero-order chi connectivity index (χ0) is 25.3. The van der Waals surface area contributed by atoms with Gasteiger partial charge in [-0.15, -0.1) is 0 Å². The van der Waals surface area contributed by atoms with E-state index in [1.165, 1.54) is 5.56 Å². The number of aliphatic carboxylic acids is 1. The van der Waals surface area contributed by atoms with E-state index < -0.39 is 5.97 Å². The lowest BCUT2D eigenvalue weighted by Gasteiger charge is -2.11. The van der Waals surface area contributed by atoms with E-state index in [0.29, 0.717) is 24.5 Å². The Morgan fingerprint density at radius 3 is 2.44 bits per heavy atom. The van der Waals surface area contributed by atoms with Crippen LogP contribution in [0, 0.1) is 0 Å². The monoisotopic (exact) mass is 484 g/mol. The number of hydrogen-bond acceptors (Lipinski definition) is 4. The number of para-hydroxylation sites is 1. The predicted octanol–water partition coefficient (Wildman–Crippen LogP) is 6.27. The maximum atomic E-state index is 11.4. The van der Waals surface area contributed by atoms with Crippen molar-refractivity contribution >= 4 is 5.97 Å². The van der Waals surface area contributed by atoms with Crippen LogP contribution in [0.5, 0.6) is 11.5 Å². The van der Waals surface area contributed by atoms with Crippen LogP contribution < -0.4 is 9.47 Å². The van der Waals surface area contributed by atoms with Crippen molar-refractivity contribution in [2.24, 2.45) is 0 Å². The van der Waals surface area contributed by atoms with Gasteiger partial charge in [-0.05, 0) is 54.3 Å². The van der Waals surface area contributed by atoms with E-state index in [0.717, 1.165) is 47.5 Å². The lowest BCUT2D eigenvalue weighted by atomic mass is 10.0. The van der Waals surface area contributed by atoms with E-state index in [9.17, 15) is 9.90 Å². The summed E-state index contributed by atoms with van der Waals surface area (Å²) in [6, 6.07) is 25.8. The molecule has 0 atom stereocenters. The standard InChI is InChI=1S/C30H32N2O4/c1-3-4-18-36-29-15-14-23(20-30(33)34)19-25(29)26-21-27(24-12-8-9-13-28(24)35-2)32(31-26)17-16-22-10-6-5-7-11-22/h5-15,19,21H,3-4,16-18,20H2,1-2H3,(H,33,34). The predicted molar refractivity (Wildman–Crippen MR) is 142 cm³/mol. The maximum absolute atomic E-state index is 11.4. The van der Waals surface area contributed by atoms with E-state index in [1.54, 1.807) is 7.11 Å². The smallest absolute Gasteiger partial charge is 0.307 e. The molecule has 0 saturated carbocycles. The molecule has 0 unspecified atom stereocenters. The highest BCUT2D eigenvalue weighted by atomic mass is 16.5. The molecule has 6 nitrogen and oxygen atoms in total. The zero-order valence-electron chi connectivity index (χ0n) is 20.8. The third-order valence-corrected chi connectivity index (χ3v) is 6.05. The fourth-order valence-corrected chi connectivity index (χ4v) is 4.19. The van der Waals surface area contributed by atoms with Crippen LogP contribution in [0.4, 0.5) is 0 Å². The van der Waals surface area contributed by atoms with Gasteiger partial charge in [0.15, 0.2) is 0 Å². The van der Waals surface area contributed by atoms with Crippen LogP contribution in [0.3, 0.4) is 0 Å². The molecule has 0 fully saturated rings. The highest BCUT2D eigenvalue weighted by molar-refractivity contribution is 5.77. The number of unbranched alkanes of at least 4 members (excludes halogenated alkanes) is 1. The molecule has 1 aromatic heterocycles. The molecule has 0 radical (unpaired) electrons. The molecule has 4 aromatic rings. The number of rotatable bonds is 12. The van der Waals surface area contributed by atoms with Gasteiger partial charge in [0.05, 0.1) is 31.5 Å². The van der Waals surface area contributed by atoms with Crippen LogP contribution >= 0.6 is 0 Å². The third kappa shape index (κ3) is 6.13. The molecule has 0 aliphatic carbocycles. The van der Waals surface area contributed by atoms with Crippen LogP contribution in [0.1, 0.15) is 30.9 Å². The molecule has 36 heavy (non-hydrogen) atoms. The largest absolute Gasteiger partial charge is 0.496 e. The van der Waals surface area contributed by atoms with Gasteiger partial charge in [-0.3, -0.25) is 9.48 Å². The van der Waals surface area contributed by atoms with Gasteiger partial charge in [0.2, 0.25) is 0 Å². The average Bonchev–Trinajstić information content (AvgIpc) is 3.32. The Morgan fingerprint density at radius 1 is 0.917 bits per heavy atom. The normalized spacial score (nSPS) is 10.8. The van der Waals surface area contributed by atoms with Crippen molar-refractivity contribution < 1.29 is 19.4 Å². The van der Waals surface area contributed by atoms with E-state index >= 15 is 0 Å². The topological polar surface area (TPSA) is 73.6 Å². The molecule has 0 amide bonds. The van der Waals surface area contributed by atoms with Gasteiger partial charge < -0.3 is 14.6 Å². The van der Waals surface area contributed by atoms with Crippen molar-refractivity contribution in [1.29, 1.82) is 0 Å². The van der Waals surface area contributed by atoms with Gasteiger partial charge >= 0.3 is 5.97 Å². The number of ether oxygens (including phenoxy) is 2. The lowest BCUT2D eigenvalue weighted by molar-refractivity contribution is -0.136. The summed E-state index contributed by atoms with van der Waals surface area (Å²) in [5.74, 6) is 0.601. The second kappa shape index (κ2) is 12.1. The Hall–Kier alpha value is -4.06. The maximum Gasteiger partial charge on any atom is 0.307 e. The van der Waals surface area contributed by atoms with Crippen molar-refractivity contribution in [3.05, 3.63) is 90.0 Å². The number of benzene rings is 3. The first-order valence-electron chi connectivity index (χ1n) is 12.3. The summed E-state index contributed by atoms with van der Waals surface area (Å²) < 4.78 is 13.8. The van der Waals surface area contributed by atoms with Crippen LogP contribution in [0.25, 0.3) is 22.5 Å². The van der Waals surface area contributed by atoms with E-state index in [-0.39, 0.29) is 6.42 Å². The highest BCUT2D eigenvalue weighted by Crippen LogP contribution is 2.36. The van der Waals surface area contributed by atoms with Gasteiger partial charge in [-0.2, -0.15) is 5.10 Å². The lowest BCUT2D eigenvalue weighted by Crippen LogP contribution is -2.06. The number of aryl methyl sites for hydroxylation is 2. The molecule has 186 valence electrons. The van der Waals surface area contributed by atoms with E-state index in [2.05, 4.69) is 19.1 Å². The minimum atomic E-state index is -0.872. The first-order valence-corrected chi connectivity index (χ1v) is 12.3. The molecule has 0 aliphatic heterocycles. The van der Waals surface area contributed by atoms with Crippen LogP contribution in [0.15, 0.2) is 78.9 Å². The van der Waals surface area contributed by atoms with Gasteiger partial charge in [0.25, 0.3) is 0 Å². The fraction of sp³-hybridized carbons (Fsp3) is 0.267. The van der Waals surface area contributed by atoms with E-state index in [1.807, 2.05) is 71.4 Å². The molecule has 0 saturated heterocycles. The van der Waals surface area contributed by atoms with Crippen LogP contribution in [-0.4, -0.2) is 34.6 Å². The fourth-order valence-electron chi connectivity index (χ4n) is 4.19. The molecular formula is C30H32N2O4. The van der Waals surface area contributed by atoms with Crippen molar-refractivity contribution in [2.45, 2.75) is 39.2 Å². The summed E-state index contributed by atoms with van der Waals surface area (Å²) in [5.41, 5.74) is 5.34. The molecule has 1 N–H and O–H groups in total. The number of methoxy groups -OCH3 is 1. The summed E-state index contributed by atoms with van der Waals surface area (Å²) in [4.78, 5) is 11.4. The summed E-state index contributed by atoms with van der Waals surface area (Å²) in [5, 5.41) is 14.3. The van der Waals surface area contributed by atoms with Crippen molar-refractivity contribution in [3.8, 4) is 34.0 Å². The zero-order valence-corrected chi connectivity index (χ0v) is 20.8. The third-order valence-electron chi connectivity index (χ3n) is 6.05. The molecule has 3 aromatic carbocycles. The summed E-state index contributed by atoms with van der Waals surface area (Å²) >= 11 is 0. The Morgan fingerprint density at radius 2 is 1.69 bits per heavy atom. The quantitative estimate of drug-likeness (QED) is 0.240. The molecular weight excluding hydrogens is 452 g/mol. The van der Waals surface area contributed by atoms with Crippen molar-refractivity contribution in [2.75, 3.05) is 13.7 Å². The van der Waals surface area contributed by atoms with Gasteiger partial charge in [0, 0.05) is 17.7 Å². The molecule has 0 aliphatic rings. The molecule has 4 rings (SSSR count). The number of carboxylic acid groups (broad SMARTS) is 1. The summed E-state index contributed by atoms with van der Waals surface area (Å²) in [7, 11) is 1.67. The average molecular weight is 485 g/mol. The van der Waals surface area contributed by atoms with Gasteiger partial charge in [-0.25, -0.2) is 0 Å². The minimum Gasteiger partial charge on any atom is -0.496 e. The Balaban J connectivity index is 1.79. The number of nitrogens with zero attached hydrogens (tertiary/aromatic N) is 2. The molecule has 1 heterocycles. The van der Waals surface area contributed by atoms with Gasteiger partial charge in [0.1, 0.15) is 11.5 Å². The Bertz CT molecular complexity index is 1300. The number of carboxylic acids is 1. The first-order chi connectivity index (χ1) is 17.6. The molecule has 0 bridgehead atoms. The van der Waals surface area contributed by atoms with E-state index in [4.69, 9.17) is 14.6 Å². The first kappa shape index (κ1) is 25.0. The summed E-state index contributed by atoms with van der Waals surface area (Å²) in [6.07, 6.45) is 2.73. The Kier molecular flexibility index (Phi) is 8.40. The summed E-state index contributed by atoms with van der Waals surface area (Å²) in [6.45, 7) is 3.39. The van der Waals surface area contributed by atoms with Crippen molar-refractivity contribution in [3.63, 3.8) is 0 Å². The number of aromatic nitrogens is 2. The second-order valence-corrected chi connectivity index (χ2v) is 8.68. The Labute approximate surface area is 212 Å². The highest BCUT2D eigenvalue weighted by Gasteiger charge is 2.18. The van der Waals surface area contributed by atoms with Gasteiger partial charge in [-0.1, -0.05) is 61.9 Å². The van der Waals surface area contributed by atoms with Crippen LogP contribution in [0.2, 0.25) is 0 Å². The number of hydrogen-bond donors (Lipinski definition) is 1. The van der Waals surface area contributed by atoms with Crippen LogP contribution in [-0.2, 0) is 24.2 Å². The number of carbonyl (C=O) groups is 1. The molecule has 6 heteroatoms. The minimum absolute atomic E-state index is 0.0592. The van der Waals surface area contributed by atoms with Crippen molar-refractivity contribution in [1.82, 2.24) is 9.78 Å².